The van der Waals surface area contributed by atoms with Gasteiger partial charge in [0.25, 0.3) is 0 Å². The zero-order chi connectivity index (χ0) is 13.7. The van der Waals surface area contributed by atoms with Crippen molar-refractivity contribution in [3.8, 4) is 0 Å². The van der Waals surface area contributed by atoms with Crippen LogP contribution in [0.15, 0.2) is 28.7 Å². The predicted octanol–water partition coefficient (Wildman–Crippen LogP) is 5.46. The third kappa shape index (κ3) is 4.61. The van der Waals surface area contributed by atoms with Crippen LogP contribution in [-0.2, 0) is 0 Å². The van der Waals surface area contributed by atoms with E-state index in [1.165, 1.54) is 44.1 Å². The summed E-state index contributed by atoms with van der Waals surface area (Å²) in [5.41, 5.74) is 1.38. The molecule has 19 heavy (non-hydrogen) atoms. The van der Waals surface area contributed by atoms with Gasteiger partial charge in [-0.1, -0.05) is 53.7 Å². The van der Waals surface area contributed by atoms with Gasteiger partial charge in [-0.3, -0.25) is 0 Å². The Kier molecular flexibility index (Phi) is 5.90. The number of hydrogen-bond acceptors (Lipinski definition) is 1. The highest BCUT2D eigenvalue weighted by Crippen LogP contribution is 2.27. The van der Waals surface area contributed by atoms with Crippen LogP contribution in [0.4, 0.5) is 0 Å². The molecule has 1 aliphatic rings. The molecule has 0 aromatic heterocycles. The van der Waals surface area contributed by atoms with Crippen molar-refractivity contribution < 1.29 is 0 Å². The molecule has 1 aliphatic carbocycles. The summed E-state index contributed by atoms with van der Waals surface area (Å²) in [7, 11) is 0. The fraction of sp³-hybridized carbons (Fsp3) is 0.647. The molecule has 1 N–H and O–H groups in total. The van der Waals surface area contributed by atoms with Gasteiger partial charge in [0, 0.05) is 16.6 Å². The van der Waals surface area contributed by atoms with E-state index in [0.717, 1.165) is 10.4 Å². The summed E-state index contributed by atoms with van der Waals surface area (Å²) in [5, 5.41) is 3.80. The quantitative estimate of drug-likeness (QED) is 0.725. The van der Waals surface area contributed by atoms with Gasteiger partial charge >= 0.3 is 0 Å². The van der Waals surface area contributed by atoms with Gasteiger partial charge in [-0.25, -0.2) is 0 Å². The van der Waals surface area contributed by atoms with Crippen molar-refractivity contribution in [3.63, 3.8) is 0 Å². The Hall–Kier alpha value is -0.340. The van der Waals surface area contributed by atoms with E-state index in [2.05, 4.69) is 59.4 Å². The monoisotopic (exact) mass is 323 g/mol. The molecule has 1 nitrogen and oxygen atoms in total. The summed E-state index contributed by atoms with van der Waals surface area (Å²) in [6, 6.07) is 9.74. The molecule has 2 heteroatoms. The van der Waals surface area contributed by atoms with Gasteiger partial charge in [0.2, 0.25) is 0 Å². The van der Waals surface area contributed by atoms with Crippen molar-refractivity contribution in [1.82, 2.24) is 5.32 Å². The number of benzene rings is 1. The Balaban J connectivity index is 1.89. The zero-order valence-electron chi connectivity index (χ0n) is 12.2. The summed E-state index contributed by atoms with van der Waals surface area (Å²) in [4.78, 5) is 0. The Morgan fingerprint density at radius 2 is 1.58 bits per heavy atom. The van der Waals surface area contributed by atoms with E-state index in [1.54, 1.807) is 0 Å². The van der Waals surface area contributed by atoms with E-state index >= 15 is 0 Å². The van der Waals surface area contributed by atoms with Gasteiger partial charge < -0.3 is 5.32 Å². The molecule has 1 aromatic carbocycles. The predicted molar refractivity (Wildman–Crippen MR) is 86.3 cm³/mol. The molecule has 2 atom stereocenters. The molecule has 1 saturated carbocycles. The lowest BCUT2D eigenvalue weighted by atomic mass is 9.92. The summed E-state index contributed by atoms with van der Waals surface area (Å²) < 4.78 is 1.15. The lowest BCUT2D eigenvalue weighted by Gasteiger charge is -2.27. The van der Waals surface area contributed by atoms with E-state index in [0.29, 0.717) is 12.1 Å². The van der Waals surface area contributed by atoms with Crippen molar-refractivity contribution in [2.24, 2.45) is 5.92 Å². The molecule has 1 unspecified atom stereocenters. The first-order chi connectivity index (χ1) is 9.16. The van der Waals surface area contributed by atoms with Crippen molar-refractivity contribution in [1.29, 1.82) is 0 Å². The van der Waals surface area contributed by atoms with Gasteiger partial charge in [-0.2, -0.15) is 0 Å². The standard InChI is InChI=1S/C17H26BrN/c1-13(15-7-5-3-4-6-8-15)19-14(2)16-9-11-17(18)12-10-16/h9-15,19H,3-8H2,1-2H3/t13-,14?/m1/s1. The van der Waals surface area contributed by atoms with E-state index in [9.17, 15) is 0 Å². The normalized spacial score (nSPS) is 20.8. The summed E-state index contributed by atoms with van der Waals surface area (Å²) in [6.45, 7) is 4.64. The molecule has 0 bridgehead atoms. The summed E-state index contributed by atoms with van der Waals surface area (Å²) in [5.74, 6) is 0.861. The van der Waals surface area contributed by atoms with Crippen LogP contribution in [0.5, 0.6) is 0 Å². The topological polar surface area (TPSA) is 12.0 Å². The fourth-order valence-electron chi connectivity index (χ4n) is 3.19. The second-order valence-electron chi connectivity index (χ2n) is 5.98. The third-order valence-electron chi connectivity index (χ3n) is 4.49. The molecule has 0 amide bonds. The molecule has 2 rings (SSSR count). The molecule has 1 fully saturated rings. The van der Waals surface area contributed by atoms with E-state index in [4.69, 9.17) is 0 Å². The Bertz CT molecular complexity index is 365. The van der Waals surface area contributed by atoms with Gasteiger partial charge in [-0.05, 0) is 50.3 Å². The molecule has 1 aromatic rings. The smallest absolute Gasteiger partial charge is 0.0294 e. The number of rotatable bonds is 4. The van der Waals surface area contributed by atoms with Crippen LogP contribution in [-0.4, -0.2) is 6.04 Å². The van der Waals surface area contributed by atoms with Crippen LogP contribution < -0.4 is 5.32 Å². The van der Waals surface area contributed by atoms with Crippen LogP contribution in [0.25, 0.3) is 0 Å². The molecule has 0 aliphatic heterocycles. The minimum absolute atomic E-state index is 0.436. The van der Waals surface area contributed by atoms with Crippen LogP contribution in [0.2, 0.25) is 0 Å². The van der Waals surface area contributed by atoms with Crippen LogP contribution >= 0.6 is 15.9 Å². The largest absolute Gasteiger partial charge is 0.307 e. The maximum atomic E-state index is 3.80. The van der Waals surface area contributed by atoms with Gasteiger partial charge in [-0.15, -0.1) is 0 Å². The highest BCUT2D eigenvalue weighted by molar-refractivity contribution is 9.10. The molecule has 0 spiro atoms. The number of nitrogens with one attached hydrogen (secondary N) is 1. The highest BCUT2D eigenvalue weighted by atomic mass is 79.9. The van der Waals surface area contributed by atoms with Crippen LogP contribution in [0.3, 0.4) is 0 Å². The van der Waals surface area contributed by atoms with E-state index in [1.807, 2.05) is 0 Å². The van der Waals surface area contributed by atoms with Crippen molar-refractivity contribution in [2.45, 2.75) is 64.5 Å². The van der Waals surface area contributed by atoms with Crippen LogP contribution in [0.1, 0.15) is 64.0 Å². The van der Waals surface area contributed by atoms with Gasteiger partial charge in [0.05, 0.1) is 0 Å². The lowest BCUT2D eigenvalue weighted by molar-refractivity contribution is 0.316. The summed E-state index contributed by atoms with van der Waals surface area (Å²) in [6.07, 6.45) is 8.52. The Labute approximate surface area is 126 Å². The van der Waals surface area contributed by atoms with Gasteiger partial charge in [0.15, 0.2) is 0 Å². The second kappa shape index (κ2) is 7.44. The first-order valence-electron chi connectivity index (χ1n) is 7.68. The SMILES string of the molecule is CC(N[C@H](C)C1CCCCCC1)c1ccc(Br)cc1. The highest BCUT2D eigenvalue weighted by Gasteiger charge is 2.20. The van der Waals surface area contributed by atoms with Crippen molar-refractivity contribution >= 4 is 15.9 Å². The molecular weight excluding hydrogens is 298 g/mol. The fourth-order valence-corrected chi connectivity index (χ4v) is 3.45. The van der Waals surface area contributed by atoms with Crippen molar-refractivity contribution in [2.75, 3.05) is 0 Å². The average molecular weight is 324 g/mol. The Morgan fingerprint density at radius 1 is 1.00 bits per heavy atom. The minimum Gasteiger partial charge on any atom is -0.307 e. The molecule has 0 heterocycles. The lowest BCUT2D eigenvalue weighted by Crippen LogP contribution is -2.35. The van der Waals surface area contributed by atoms with Gasteiger partial charge in [0.1, 0.15) is 0 Å². The van der Waals surface area contributed by atoms with Crippen LogP contribution in [0, 0.1) is 5.92 Å². The number of halogens is 1. The third-order valence-corrected chi connectivity index (χ3v) is 5.02. The summed E-state index contributed by atoms with van der Waals surface area (Å²) >= 11 is 3.50. The first-order valence-corrected chi connectivity index (χ1v) is 8.47. The number of hydrogen-bond donors (Lipinski definition) is 1. The minimum atomic E-state index is 0.436. The van der Waals surface area contributed by atoms with E-state index in [-0.39, 0.29) is 0 Å². The maximum Gasteiger partial charge on any atom is 0.0294 e. The Morgan fingerprint density at radius 3 is 2.16 bits per heavy atom. The molecular formula is C17H26BrN. The zero-order valence-corrected chi connectivity index (χ0v) is 13.7. The van der Waals surface area contributed by atoms with E-state index < -0.39 is 0 Å². The second-order valence-corrected chi connectivity index (χ2v) is 6.90. The molecule has 106 valence electrons. The maximum absolute atomic E-state index is 3.80. The first kappa shape index (κ1) is 15.1. The molecule has 0 radical (unpaired) electrons. The molecule has 0 saturated heterocycles. The average Bonchev–Trinajstić information content (AvgIpc) is 2.68. The van der Waals surface area contributed by atoms with Crippen molar-refractivity contribution in [3.05, 3.63) is 34.3 Å².